The Kier molecular flexibility index (Phi) is 7.18. The van der Waals surface area contributed by atoms with Crippen molar-refractivity contribution in [3.63, 3.8) is 0 Å². The second kappa shape index (κ2) is 10.4. The normalized spacial score (nSPS) is 14.6. The lowest BCUT2D eigenvalue weighted by molar-refractivity contribution is -0.129. The molecule has 11 heteroatoms. The van der Waals surface area contributed by atoms with Crippen molar-refractivity contribution in [2.75, 3.05) is 39.7 Å². The van der Waals surface area contributed by atoms with E-state index in [0.29, 0.717) is 47.8 Å². The fraction of sp³-hybridized carbons (Fsp3) is 0.364. The maximum atomic E-state index is 12.9. The van der Waals surface area contributed by atoms with E-state index in [4.69, 9.17) is 18.9 Å². The summed E-state index contributed by atoms with van der Waals surface area (Å²) < 4.78 is 24.0. The molecule has 10 nitrogen and oxygen atoms in total. The zero-order valence-electron chi connectivity index (χ0n) is 18.6. The van der Waals surface area contributed by atoms with Gasteiger partial charge in [0.1, 0.15) is 23.8 Å². The molecule has 174 valence electrons. The Morgan fingerprint density at radius 3 is 2.79 bits per heavy atom. The highest BCUT2D eigenvalue weighted by molar-refractivity contribution is 7.99. The van der Waals surface area contributed by atoms with Crippen molar-refractivity contribution in [2.45, 2.75) is 18.2 Å². The average molecular weight is 472 g/mol. The molecule has 1 amide bonds. The summed E-state index contributed by atoms with van der Waals surface area (Å²) in [5.74, 6) is 2.77. The zero-order chi connectivity index (χ0) is 23.2. The third-order valence-corrected chi connectivity index (χ3v) is 6.01. The number of tetrazole rings is 1. The highest BCUT2D eigenvalue weighted by Gasteiger charge is 2.25. The molecule has 4 rings (SSSR count). The Morgan fingerprint density at radius 1 is 1.21 bits per heavy atom. The number of aromatic nitrogens is 4. The van der Waals surface area contributed by atoms with E-state index in [1.165, 1.54) is 16.4 Å². The van der Waals surface area contributed by atoms with Gasteiger partial charge in [-0.25, -0.2) is 0 Å². The van der Waals surface area contributed by atoms with Crippen molar-refractivity contribution in [1.82, 2.24) is 25.1 Å². The molecule has 1 aliphatic heterocycles. The molecule has 3 aromatic rings. The molecule has 1 atom stereocenters. The summed E-state index contributed by atoms with van der Waals surface area (Å²) in [5, 5.41) is 12.4. The zero-order valence-corrected chi connectivity index (χ0v) is 19.4. The van der Waals surface area contributed by atoms with Crippen LogP contribution < -0.4 is 18.9 Å². The summed E-state index contributed by atoms with van der Waals surface area (Å²) in [4.78, 5) is 14.7. The van der Waals surface area contributed by atoms with Crippen molar-refractivity contribution >= 4 is 17.7 Å². The van der Waals surface area contributed by atoms with E-state index in [1.54, 1.807) is 37.3 Å². The van der Waals surface area contributed by atoms with Crippen LogP contribution in [0.1, 0.15) is 6.92 Å². The van der Waals surface area contributed by atoms with Crippen LogP contribution in [0.3, 0.4) is 0 Å². The van der Waals surface area contributed by atoms with Gasteiger partial charge in [0.2, 0.25) is 11.1 Å². The van der Waals surface area contributed by atoms with Crippen molar-refractivity contribution in [2.24, 2.45) is 0 Å². The van der Waals surface area contributed by atoms with Crippen LogP contribution in [0.25, 0.3) is 5.69 Å². The first-order valence-electron chi connectivity index (χ1n) is 10.4. The Balaban J connectivity index is 1.41. The SMILES string of the molecule is CCN(CC1COc2ccccc2O1)C(=O)CSc1nnnn1-c1cc(OC)ccc1OC. The van der Waals surface area contributed by atoms with Crippen molar-refractivity contribution in [1.29, 1.82) is 0 Å². The van der Waals surface area contributed by atoms with Gasteiger partial charge >= 0.3 is 0 Å². The van der Waals surface area contributed by atoms with Crippen LogP contribution >= 0.6 is 11.8 Å². The summed E-state index contributed by atoms with van der Waals surface area (Å²) in [7, 11) is 3.15. The number of hydrogen-bond acceptors (Lipinski definition) is 9. The quantitative estimate of drug-likeness (QED) is 0.436. The van der Waals surface area contributed by atoms with E-state index in [1.807, 2.05) is 31.2 Å². The smallest absolute Gasteiger partial charge is 0.233 e. The number of fused-ring (bicyclic) bond motifs is 1. The second-order valence-electron chi connectivity index (χ2n) is 7.13. The molecule has 0 spiro atoms. The third-order valence-electron chi connectivity index (χ3n) is 5.11. The van der Waals surface area contributed by atoms with E-state index < -0.39 is 0 Å². The number of hydrogen-bond donors (Lipinski definition) is 0. The summed E-state index contributed by atoms with van der Waals surface area (Å²) in [6, 6.07) is 12.9. The third kappa shape index (κ3) is 5.14. The number of likely N-dealkylation sites (N-methyl/N-ethyl adjacent to an activating group) is 1. The van der Waals surface area contributed by atoms with Gasteiger partial charge in [-0.3, -0.25) is 4.79 Å². The molecule has 1 aliphatic rings. The van der Waals surface area contributed by atoms with Gasteiger partial charge in [0.15, 0.2) is 17.6 Å². The van der Waals surface area contributed by atoms with E-state index >= 15 is 0 Å². The molecule has 0 bridgehead atoms. The molecule has 0 saturated carbocycles. The minimum absolute atomic E-state index is 0.0443. The fourth-order valence-electron chi connectivity index (χ4n) is 3.41. The number of carbonyl (C=O) groups excluding carboxylic acids is 1. The Hall–Kier alpha value is -3.47. The van der Waals surface area contributed by atoms with Gasteiger partial charge in [0, 0.05) is 12.6 Å². The predicted octanol–water partition coefficient (Wildman–Crippen LogP) is 2.46. The topological polar surface area (TPSA) is 101 Å². The van der Waals surface area contributed by atoms with E-state index in [0.717, 1.165) is 5.75 Å². The first kappa shape index (κ1) is 22.7. The number of para-hydroxylation sites is 2. The van der Waals surface area contributed by atoms with Crippen LogP contribution in [-0.2, 0) is 4.79 Å². The van der Waals surface area contributed by atoms with Crippen LogP contribution in [0.15, 0.2) is 47.6 Å². The number of methoxy groups -OCH3 is 2. The Morgan fingerprint density at radius 2 is 2.03 bits per heavy atom. The van der Waals surface area contributed by atoms with Crippen molar-refractivity contribution < 1.29 is 23.7 Å². The molecule has 0 fully saturated rings. The monoisotopic (exact) mass is 471 g/mol. The number of carbonyl (C=O) groups is 1. The van der Waals surface area contributed by atoms with Gasteiger partial charge in [0.25, 0.3) is 0 Å². The molecule has 0 radical (unpaired) electrons. The van der Waals surface area contributed by atoms with E-state index in [-0.39, 0.29) is 17.8 Å². The number of benzene rings is 2. The summed E-state index contributed by atoms with van der Waals surface area (Å²) in [5.41, 5.74) is 0.621. The highest BCUT2D eigenvalue weighted by atomic mass is 32.2. The average Bonchev–Trinajstić information content (AvgIpc) is 3.33. The maximum Gasteiger partial charge on any atom is 0.233 e. The summed E-state index contributed by atoms with van der Waals surface area (Å²) in [6.07, 6.45) is -0.236. The number of thioether (sulfide) groups is 1. The lowest BCUT2D eigenvalue weighted by Crippen LogP contribution is -2.44. The van der Waals surface area contributed by atoms with Crippen LogP contribution in [0.5, 0.6) is 23.0 Å². The molecule has 1 aromatic heterocycles. The molecular formula is C22H25N5O5S. The summed E-state index contributed by atoms with van der Waals surface area (Å²) >= 11 is 1.25. The predicted molar refractivity (Wildman–Crippen MR) is 122 cm³/mol. The Labute approximate surface area is 195 Å². The van der Waals surface area contributed by atoms with Crippen LogP contribution in [-0.4, -0.2) is 76.8 Å². The molecule has 0 saturated heterocycles. The number of nitrogens with zero attached hydrogens (tertiary/aromatic N) is 5. The number of amides is 1. The standard InChI is InChI=1S/C22H25N5O5S/c1-4-26(12-16-13-31-19-7-5-6-8-20(19)32-16)21(28)14-33-22-23-24-25-27(22)17-11-15(29-2)9-10-18(17)30-3/h5-11,16H,4,12-14H2,1-3H3. The second-order valence-corrected chi connectivity index (χ2v) is 8.07. The maximum absolute atomic E-state index is 12.9. The van der Waals surface area contributed by atoms with Crippen LogP contribution in [0, 0.1) is 0 Å². The number of ether oxygens (including phenoxy) is 4. The largest absolute Gasteiger partial charge is 0.497 e. The number of rotatable bonds is 9. The molecule has 0 aliphatic carbocycles. The lowest BCUT2D eigenvalue weighted by Gasteiger charge is -2.30. The van der Waals surface area contributed by atoms with Gasteiger partial charge in [-0.05, 0) is 41.6 Å². The molecule has 2 aromatic carbocycles. The first-order chi connectivity index (χ1) is 16.1. The van der Waals surface area contributed by atoms with Crippen molar-refractivity contribution in [3.8, 4) is 28.7 Å². The Bertz CT molecular complexity index is 1110. The van der Waals surface area contributed by atoms with E-state index in [9.17, 15) is 4.79 Å². The van der Waals surface area contributed by atoms with Gasteiger partial charge in [-0.2, -0.15) is 4.68 Å². The van der Waals surface area contributed by atoms with Gasteiger partial charge in [-0.15, -0.1) is 5.10 Å². The van der Waals surface area contributed by atoms with E-state index in [2.05, 4.69) is 15.5 Å². The lowest BCUT2D eigenvalue weighted by atomic mass is 10.2. The fourth-order valence-corrected chi connectivity index (χ4v) is 4.19. The highest BCUT2D eigenvalue weighted by Crippen LogP contribution is 2.32. The van der Waals surface area contributed by atoms with Crippen LogP contribution in [0.4, 0.5) is 0 Å². The van der Waals surface area contributed by atoms with Gasteiger partial charge < -0.3 is 23.8 Å². The van der Waals surface area contributed by atoms with Gasteiger partial charge in [0.05, 0.1) is 26.5 Å². The van der Waals surface area contributed by atoms with Gasteiger partial charge in [-0.1, -0.05) is 23.9 Å². The molecule has 33 heavy (non-hydrogen) atoms. The van der Waals surface area contributed by atoms with Crippen molar-refractivity contribution in [3.05, 3.63) is 42.5 Å². The molecule has 1 unspecified atom stereocenters. The minimum Gasteiger partial charge on any atom is -0.497 e. The first-order valence-corrected chi connectivity index (χ1v) is 11.4. The minimum atomic E-state index is -0.236. The molecule has 0 N–H and O–H groups in total. The summed E-state index contributed by atoms with van der Waals surface area (Å²) in [6.45, 7) is 3.31. The molecular weight excluding hydrogens is 446 g/mol. The van der Waals surface area contributed by atoms with Crippen LogP contribution in [0.2, 0.25) is 0 Å². The molecule has 2 heterocycles.